The smallest absolute Gasteiger partial charge is 0.268 e. The van der Waals surface area contributed by atoms with Crippen molar-refractivity contribution in [1.82, 2.24) is 3.97 Å². The quantitative estimate of drug-likeness (QED) is 0.747. The first-order valence-corrected chi connectivity index (χ1v) is 8.49. The number of fused-ring (bicyclic) bond motifs is 1. The summed E-state index contributed by atoms with van der Waals surface area (Å²) in [6.07, 6.45) is 2.16. The van der Waals surface area contributed by atoms with E-state index in [9.17, 15) is 18.3 Å². The van der Waals surface area contributed by atoms with Crippen LogP contribution in [0.2, 0.25) is 0 Å². The molecule has 1 N–H and O–H groups in total. The van der Waals surface area contributed by atoms with Crippen LogP contribution in [0.1, 0.15) is 18.4 Å². The predicted octanol–water partition coefficient (Wildman–Crippen LogP) is 2.89. The largest absolute Gasteiger partial charge is 0.508 e. The Morgan fingerprint density at radius 3 is 2.43 bits per heavy atom. The summed E-state index contributed by atoms with van der Waals surface area (Å²) in [5.41, 5.74) is 0.856. The van der Waals surface area contributed by atoms with Crippen LogP contribution in [0.25, 0.3) is 10.9 Å². The molecule has 6 heteroatoms. The molecular weight excluding hydrogens is 314 g/mol. The number of hydrogen-bond acceptors (Lipinski definition) is 4. The van der Waals surface area contributed by atoms with Crippen LogP contribution in [0.15, 0.2) is 59.6 Å². The van der Waals surface area contributed by atoms with Crippen molar-refractivity contribution in [3.05, 3.63) is 60.3 Å². The highest BCUT2D eigenvalue weighted by Gasteiger charge is 2.22. The minimum atomic E-state index is -3.74. The molecule has 1 heterocycles. The predicted molar refractivity (Wildman–Crippen MR) is 87.1 cm³/mol. The van der Waals surface area contributed by atoms with Crippen molar-refractivity contribution in [2.75, 3.05) is 0 Å². The number of phenols is 1. The van der Waals surface area contributed by atoms with Crippen LogP contribution in [-0.2, 0) is 14.8 Å². The number of benzene rings is 2. The van der Waals surface area contributed by atoms with Gasteiger partial charge in [0.2, 0.25) is 0 Å². The number of carbonyl (C=O) groups excluding carboxylic acids is 1. The van der Waals surface area contributed by atoms with Gasteiger partial charge in [-0.05, 0) is 30.3 Å². The van der Waals surface area contributed by atoms with E-state index in [0.29, 0.717) is 16.5 Å². The summed E-state index contributed by atoms with van der Waals surface area (Å²) in [6.45, 7) is 1.66. The molecule has 1 aromatic heterocycles. The van der Waals surface area contributed by atoms with Crippen molar-refractivity contribution >= 4 is 27.2 Å². The van der Waals surface area contributed by atoms with Crippen molar-refractivity contribution in [1.29, 1.82) is 0 Å². The Balaban J connectivity index is 2.28. The number of carbonyl (C=O) groups is 1. The van der Waals surface area contributed by atoms with Crippen LogP contribution in [0.4, 0.5) is 0 Å². The molecule has 0 bridgehead atoms. The molecule has 1 unspecified atom stereocenters. The van der Waals surface area contributed by atoms with Crippen LogP contribution in [0.5, 0.6) is 5.75 Å². The van der Waals surface area contributed by atoms with Crippen LogP contribution in [0, 0.1) is 0 Å². The molecule has 0 radical (unpaired) electrons. The van der Waals surface area contributed by atoms with Gasteiger partial charge in [-0.3, -0.25) is 0 Å². The Morgan fingerprint density at radius 1 is 1.09 bits per heavy atom. The van der Waals surface area contributed by atoms with Crippen molar-refractivity contribution in [2.45, 2.75) is 17.7 Å². The van der Waals surface area contributed by atoms with E-state index >= 15 is 0 Å². The molecule has 3 aromatic rings. The fraction of sp³-hybridized carbons (Fsp3) is 0.118. The van der Waals surface area contributed by atoms with E-state index in [-0.39, 0.29) is 10.6 Å². The first kappa shape index (κ1) is 15.3. The van der Waals surface area contributed by atoms with Gasteiger partial charge in [0.25, 0.3) is 10.0 Å². The van der Waals surface area contributed by atoms with E-state index in [1.807, 2.05) is 0 Å². The number of rotatable bonds is 4. The van der Waals surface area contributed by atoms with Gasteiger partial charge in [0.05, 0.1) is 10.4 Å². The molecule has 0 aliphatic heterocycles. The van der Waals surface area contributed by atoms with Gasteiger partial charge in [-0.2, -0.15) is 0 Å². The number of aromatic nitrogens is 1. The molecular formula is C17H15NO4S. The van der Waals surface area contributed by atoms with E-state index in [1.54, 1.807) is 31.2 Å². The second-order valence-corrected chi connectivity index (χ2v) is 7.10. The summed E-state index contributed by atoms with van der Waals surface area (Å²) in [4.78, 5) is 11.3. The zero-order valence-corrected chi connectivity index (χ0v) is 13.2. The van der Waals surface area contributed by atoms with Crippen molar-refractivity contribution < 1.29 is 18.3 Å². The zero-order valence-electron chi connectivity index (χ0n) is 12.4. The number of aldehydes is 1. The highest BCUT2D eigenvalue weighted by molar-refractivity contribution is 7.90. The van der Waals surface area contributed by atoms with Gasteiger partial charge in [-0.1, -0.05) is 25.1 Å². The Hall–Kier alpha value is -2.60. The molecule has 0 aliphatic carbocycles. The summed E-state index contributed by atoms with van der Waals surface area (Å²) in [6, 6.07) is 12.7. The molecule has 5 nitrogen and oxygen atoms in total. The lowest BCUT2D eigenvalue weighted by molar-refractivity contribution is -0.108. The topological polar surface area (TPSA) is 76.4 Å². The highest BCUT2D eigenvalue weighted by atomic mass is 32.2. The maximum absolute atomic E-state index is 12.8. The first-order valence-electron chi connectivity index (χ1n) is 7.05. The van der Waals surface area contributed by atoms with Gasteiger partial charge in [0.1, 0.15) is 12.0 Å². The Labute approximate surface area is 133 Å². The second kappa shape index (κ2) is 5.55. The fourth-order valence-electron chi connectivity index (χ4n) is 2.67. The molecule has 3 rings (SSSR count). The summed E-state index contributed by atoms with van der Waals surface area (Å²) in [5.74, 6) is -0.555. The van der Waals surface area contributed by atoms with Crippen LogP contribution in [0.3, 0.4) is 0 Å². The molecule has 0 spiro atoms. The standard InChI is InChI=1S/C17H15NO4S/c1-12(11-19)17-14-9-10-18(15(14)7-8-16(17)20)23(21,22)13-5-3-2-4-6-13/h2-12,20H,1H3. The molecule has 1 atom stereocenters. The average Bonchev–Trinajstić information content (AvgIpc) is 2.99. The molecule has 0 fully saturated rings. The summed E-state index contributed by atoms with van der Waals surface area (Å²) < 4.78 is 26.7. The Bertz CT molecular complexity index is 975. The van der Waals surface area contributed by atoms with E-state index in [4.69, 9.17) is 0 Å². The lowest BCUT2D eigenvalue weighted by Crippen LogP contribution is -2.11. The van der Waals surface area contributed by atoms with Gasteiger partial charge in [-0.15, -0.1) is 0 Å². The second-order valence-electron chi connectivity index (χ2n) is 5.29. The summed E-state index contributed by atoms with van der Waals surface area (Å²) >= 11 is 0. The number of aromatic hydroxyl groups is 1. The molecule has 2 aromatic carbocycles. The van der Waals surface area contributed by atoms with Crippen LogP contribution in [-0.4, -0.2) is 23.8 Å². The molecule has 118 valence electrons. The normalized spacial score (nSPS) is 13.1. The van der Waals surface area contributed by atoms with Gasteiger partial charge in [0.15, 0.2) is 0 Å². The first-order chi connectivity index (χ1) is 11.0. The van der Waals surface area contributed by atoms with Crippen LogP contribution < -0.4 is 0 Å². The zero-order chi connectivity index (χ0) is 16.6. The van der Waals surface area contributed by atoms with Crippen molar-refractivity contribution in [3.8, 4) is 5.75 Å². The molecule has 0 saturated carbocycles. The third-order valence-corrected chi connectivity index (χ3v) is 5.52. The van der Waals surface area contributed by atoms with Crippen LogP contribution >= 0.6 is 0 Å². The third-order valence-electron chi connectivity index (χ3n) is 3.81. The molecule has 0 amide bonds. The van der Waals surface area contributed by atoms with E-state index in [2.05, 4.69) is 0 Å². The average molecular weight is 329 g/mol. The lowest BCUT2D eigenvalue weighted by Gasteiger charge is -2.11. The van der Waals surface area contributed by atoms with E-state index in [0.717, 1.165) is 10.3 Å². The maximum Gasteiger partial charge on any atom is 0.268 e. The molecule has 0 aliphatic rings. The maximum atomic E-state index is 12.8. The van der Waals surface area contributed by atoms with Gasteiger partial charge in [0, 0.05) is 23.1 Å². The minimum Gasteiger partial charge on any atom is -0.508 e. The SMILES string of the molecule is CC(C=O)c1c(O)ccc2c1ccn2S(=O)(=O)c1ccccc1. The molecule has 0 saturated heterocycles. The fourth-order valence-corrected chi connectivity index (χ4v) is 4.03. The Kier molecular flexibility index (Phi) is 3.69. The summed E-state index contributed by atoms with van der Waals surface area (Å²) in [7, 11) is -3.74. The Morgan fingerprint density at radius 2 is 1.78 bits per heavy atom. The van der Waals surface area contributed by atoms with E-state index < -0.39 is 15.9 Å². The number of nitrogens with zero attached hydrogens (tertiary/aromatic N) is 1. The number of hydrogen-bond donors (Lipinski definition) is 1. The van der Waals surface area contributed by atoms with Crippen molar-refractivity contribution in [3.63, 3.8) is 0 Å². The molecule has 23 heavy (non-hydrogen) atoms. The number of phenolic OH excluding ortho intramolecular Hbond substituents is 1. The highest BCUT2D eigenvalue weighted by Crippen LogP contribution is 2.34. The van der Waals surface area contributed by atoms with Crippen molar-refractivity contribution in [2.24, 2.45) is 0 Å². The monoisotopic (exact) mass is 329 g/mol. The van der Waals surface area contributed by atoms with Gasteiger partial charge >= 0.3 is 0 Å². The third kappa shape index (κ3) is 2.41. The lowest BCUT2D eigenvalue weighted by atomic mass is 9.98. The van der Waals surface area contributed by atoms with Gasteiger partial charge < -0.3 is 9.90 Å². The summed E-state index contributed by atoms with van der Waals surface area (Å²) in [5, 5.41) is 10.6. The van der Waals surface area contributed by atoms with E-state index in [1.165, 1.54) is 30.5 Å². The minimum absolute atomic E-state index is 0.0213. The van der Waals surface area contributed by atoms with Gasteiger partial charge in [-0.25, -0.2) is 12.4 Å².